The van der Waals surface area contributed by atoms with E-state index in [2.05, 4.69) is 42.2 Å². The average Bonchev–Trinajstić information content (AvgIpc) is 3.54. The smallest absolute Gasteiger partial charge is 0.462 e. The maximum Gasteiger partial charge on any atom is 0.481 e. The predicted octanol–water partition coefficient (Wildman–Crippen LogP) is 7.66. The van der Waals surface area contributed by atoms with Crippen LogP contribution in [0.25, 0.3) is 0 Å². The average molecular weight is 978 g/mol. The summed E-state index contributed by atoms with van der Waals surface area (Å²) in [6.07, 6.45) is 21.6. The van der Waals surface area contributed by atoms with Crippen LogP contribution in [-0.4, -0.2) is 96.9 Å². The summed E-state index contributed by atoms with van der Waals surface area (Å²) in [4.78, 5) is 61.7. The third kappa shape index (κ3) is 26.5. The van der Waals surface area contributed by atoms with E-state index in [4.69, 9.17) is 29.0 Å². The second-order valence-corrected chi connectivity index (χ2v) is 19.7. The molecule has 66 heavy (non-hydrogen) atoms. The van der Waals surface area contributed by atoms with E-state index < -0.39 is 89.8 Å². The number of rotatable bonds is 37. The molecule has 0 spiro atoms. The first-order valence-electron chi connectivity index (χ1n) is 23.5. The van der Waals surface area contributed by atoms with E-state index in [-0.39, 0.29) is 31.5 Å². The van der Waals surface area contributed by atoms with Crippen LogP contribution in [0.5, 0.6) is 0 Å². The van der Waals surface area contributed by atoms with Crippen LogP contribution >= 0.6 is 15.6 Å². The van der Waals surface area contributed by atoms with Crippen LogP contribution < -0.4 is 11.4 Å². The molecule has 19 nitrogen and oxygen atoms in total. The number of aromatic nitrogens is 2. The quantitative estimate of drug-likeness (QED) is 0.0123. The van der Waals surface area contributed by atoms with Crippen LogP contribution in [0.1, 0.15) is 155 Å². The molecule has 7 N–H and O–H groups in total. The molecule has 378 valence electrons. The first-order chi connectivity index (χ1) is 31.5. The van der Waals surface area contributed by atoms with Gasteiger partial charge in [0.15, 0.2) is 12.3 Å². The SMILES string of the molecule is CCCCCCCC/C=C/C/C=C/C=C/C(O)CCCC(=O)OC[C@H](COP(=O)(O)OP(=O)(O)OC[C@H]1O[C@@H](n2ccc(N)nc2=O)[C@H](O)[C@@H]1O)OC(=O)CCCCCCCCC(C)CC. The van der Waals surface area contributed by atoms with Crippen LogP contribution in [0.15, 0.2) is 53.5 Å². The lowest BCUT2D eigenvalue weighted by Gasteiger charge is -2.21. The molecular weight excluding hydrogens is 900 g/mol. The molecule has 9 atom stereocenters. The topological polar surface area (TPSA) is 286 Å². The number of unbranched alkanes of at least 4 members (excludes halogenated alkanes) is 11. The number of esters is 2. The van der Waals surface area contributed by atoms with Gasteiger partial charge in [0.05, 0.1) is 19.3 Å². The van der Waals surface area contributed by atoms with E-state index in [9.17, 15) is 48.6 Å². The highest BCUT2D eigenvalue weighted by Crippen LogP contribution is 2.60. The van der Waals surface area contributed by atoms with Crippen molar-refractivity contribution in [1.29, 1.82) is 0 Å². The Balaban J connectivity index is 1.87. The fraction of sp³-hybridized carbons (Fsp3) is 0.733. The van der Waals surface area contributed by atoms with Crippen molar-refractivity contribution in [2.45, 2.75) is 186 Å². The van der Waals surface area contributed by atoms with Gasteiger partial charge in [-0.3, -0.25) is 23.2 Å². The summed E-state index contributed by atoms with van der Waals surface area (Å²) in [5.41, 5.74) is 4.56. The molecule has 1 aromatic heterocycles. The van der Waals surface area contributed by atoms with Gasteiger partial charge in [0.1, 0.15) is 30.7 Å². The van der Waals surface area contributed by atoms with Crippen LogP contribution in [0.3, 0.4) is 0 Å². The van der Waals surface area contributed by atoms with Gasteiger partial charge in [0.25, 0.3) is 0 Å². The Morgan fingerprint density at radius 3 is 2.23 bits per heavy atom. The molecule has 0 amide bonds. The van der Waals surface area contributed by atoms with Crippen molar-refractivity contribution < 1.29 is 71.4 Å². The zero-order chi connectivity index (χ0) is 48.8. The monoisotopic (exact) mass is 977 g/mol. The number of phosphoric acid groups is 2. The molecule has 1 aromatic rings. The molecule has 2 heterocycles. The molecular formula is C45H77N3O16P2. The van der Waals surface area contributed by atoms with Gasteiger partial charge in [0, 0.05) is 19.0 Å². The van der Waals surface area contributed by atoms with Crippen molar-refractivity contribution in [1.82, 2.24) is 9.55 Å². The summed E-state index contributed by atoms with van der Waals surface area (Å²) < 4.78 is 56.4. The van der Waals surface area contributed by atoms with Crippen molar-refractivity contribution in [2.75, 3.05) is 25.6 Å². The highest BCUT2D eigenvalue weighted by atomic mass is 31.3. The second kappa shape index (κ2) is 33.4. The molecule has 1 fully saturated rings. The number of carbonyl (C=O) groups excluding carboxylic acids is 2. The lowest BCUT2D eigenvalue weighted by molar-refractivity contribution is -0.161. The largest absolute Gasteiger partial charge is 0.481 e. The summed E-state index contributed by atoms with van der Waals surface area (Å²) in [7, 11) is -10.9. The maximum atomic E-state index is 12.8. The van der Waals surface area contributed by atoms with Crippen molar-refractivity contribution >= 4 is 33.4 Å². The number of aliphatic hydroxyl groups excluding tert-OH is 3. The summed E-state index contributed by atoms with van der Waals surface area (Å²) in [6.45, 7) is 4.15. The Kier molecular flexibility index (Phi) is 29.9. The molecule has 0 aliphatic carbocycles. The molecule has 1 aliphatic rings. The van der Waals surface area contributed by atoms with Crippen molar-refractivity contribution in [2.24, 2.45) is 5.92 Å². The van der Waals surface area contributed by atoms with Crippen molar-refractivity contribution in [3.63, 3.8) is 0 Å². The number of phosphoric ester groups is 2. The van der Waals surface area contributed by atoms with Gasteiger partial charge >= 0.3 is 33.3 Å². The number of carbonyl (C=O) groups is 2. The Morgan fingerprint density at radius 2 is 1.52 bits per heavy atom. The lowest BCUT2D eigenvalue weighted by atomic mass is 10.00. The van der Waals surface area contributed by atoms with Gasteiger partial charge in [-0.05, 0) is 50.5 Å². The third-order valence-corrected chi connectivity index (χ3v) is 13.5. The number of aliphatic hydroxyl groups is 3. The molecule has 0 aromatic carbocycles. The van der Waals surface area contributed by atoms with Gasteiger partial charge in [-0.25, -0.2) is 13.9 Å². The lowest BCUT2D eigenvalue weighted by Crippen LogP contribution is -2.36. The highest BCUT2D eigenvalue weighted by molar-refractivity contribution is 7.61. The minimum Gasteiger partial charge on any atom is -0.462 e. The van der Waals surface area contributed by atoms with E-state index in [1.807, 2.05) is 12.2 Å². The molecule has 0 bridgehead atoms. The number of allylic oxidation sites excluding steroid dienone is 5. The van der Waals surface area contributed by atoms with Crippen LogP contribution in [-0.2, 0) is 46.3 Å². The Morgan fingerprint density at radius 1 is 0.848 bits per heavy atom. The summed E-state index contributed by atoms with van der Waals surface area (Å²) in [5.74, 6) is -0.812. The molecule has 21 heteroatoms. The zero-order valence-electron chi connectivity index (χ0n) is 39.0. The number of hydrogen-bond acceptors (Lipinski definition) is 16. The van der Waals surface area contributed by atoms with Gasteiger partial charge in [-0.1, -0.05) is 134 Å². The molecule has 0 radical (unpaired) electrons. The van der Waals surface area contributed by atoms with Crippen molar-refractivity contribution in [3.8, 4) is 0 Å². The van der Waals surface area contributed by atoms with E-state index in [0.717, 1.165) is 62.1 Å². The number of nitrogens with two attached hydrogens (primary N) is 1. The van der Waals surface area contributed by atoms with E-state index >= 15 is 0 Å². The Bertz CT molecular complexity index is 1780. The van der Waals surface area contributed by atoms with Gasteiger partial charge in [0.2, 0.25) is 0 Å². The van der Waals surface area contributed by atoms with E-state index in [1.165, 1.54) is 51.0 Å². The minimum absolute atomic E-state index is 0.00888. The second-order valence-electron chi connectivity index (χ2n) is 16.7. The molecule has 1 saturated heterocycles. The maximum absolute atomic E-state index is 12.8. The highest BCUT2D eigenvalue weighted by Gasteiger charge is 2.46. The normalized spacial score (nSPS) is 21.0. The Hall–Kier alpha value is -3.06. The fourth-order valence-corrected chi connectivity index (χ4v) is 8.88. The summed E-state index contributed by atoms with van der Waals surface area (Å²) >= 11 is 0. The zero-order valence-corrected chi connectivity index (χ0v) is 40.8. The predicted molar refractivity (Wildman–Crippen MR) is 249 cm³/mol. The first kappa shape index (κ1) is 59.1. The molecule has 4 unspecified atom stereocenters. The third-order valence-electron chi connectivity index (χ3n) is 10.9. The minimum atomic E-state index is -5.45. The van der Waals surface area contributed by atoms with Gasteiger partial charge in [-0.2, -0.15) is 9.29 Å². The molecule has 1 aliphatic heterocycles. The Labute approximate surface area is 390 Å². The fourth-order valence-electron chi connectivity index (χ4n) is 6.77. The number of nitrogens with zero attached hydrogens (tertiary/aromatic N) is 2. The molecule has 2 rings (SSSR count). The number of nitrogen functional groups attached to an aromatic ring is 1. The van der Waals surface area contributed by atoms with E-state index in [0.29, 0.717) is 12.3 Å². The first-order valence-corrected chi connectivity index (χ1v) is 26.5. The van der Waals surface area contributed by atoms with Crippen molar-refractivity contribution in [3.05, 3.63) is 59.2 Å². The number of hydrogen-bond donors (Lipinski definition) is 6. The van der Waals surface area contributed by atoms with Gasteiger partial charge < -0.3 is 45.1 Å². The van der Waals surface area contributed by atoms with Crippen LogP contribution in [0, 0.1) is 5.92 Å². The van der Waals surface area contributed by atoms with Crippen LogP contribution in [0.2, 0.25) is 0 Å². The summed E-state index contributed by atoms with van der Waals surface area (Å²) in [5, 5.41) is 31.2. The summed E-state index contributed by atoms with van der Waals surface area (Å²) in [6, 6.07) is 1.24. The molecule has 0 saturated carbocycles. The van der Waals surface area contributed by atoms with Crippen LogP contribution in [0.4, 0.5) is 5.82 Å². The number of ether oxygens (including phenoxy) is 3. The van der Waals surface area contributed by atoms with Gasteiger partial charge in [-0.15, -0.1) is 0 Å². The standard InChI is InChI=1S/C45H77N3O16P2/c1-4-6-7-8-9-10-11-12-13-14-15-19-22-26-36(49)27-24-29-40(50)59-32-37(62-41(51)28-23-20-17-16-18-21-25-35(3)5-2)33-60-65(55,56)64-66(57,58)61-34-38-42(52)43(53)44(63-38)48-31-30-39(46)47-45(48)54/h12-13,15,19,22,26,30-31,35-38,42-44,49,52-53H,4-11,14,16-18,20-21,23-25,27-29,32-34H2,1-3H3,(H,55,56)(H,57,58)(H2,46,47,54)/b13-12+,19-15+,26-22+/t35?,36?,37-,38-,42-,43-,44-/m1/s1. The number of anilines is 1. The van der Waals surface area contributed by atoms with E-state index in [1.54, 1.807) is 12.2 Å².